The van der Waals surface area contributed by atoms with Gasteiger partial charge in [0.2, 0.25) is 5.89 Å². The van der Waals surface area contributed by atoms with Gasteiger partial charge in [-0.25, -0.2) is 0 Å². The van der Waals surface area contributed by atoms with Gasteiger partial charge in [0.15, 0.2) is 5.82 Å². The van der Waals surface area contributed by atoms with Crippen molar-refractivity contribution < 1.29 is 22.4 Å². The second-order valence-electron chi connectivity index (χ2n) is 4.48. The third-order valence-electron chi connectivity index (χ3n) is 2.60. The standard InChI is InChI=1S/C12H20F3N3O2/c1-3-5-16-9(4-2)6-11-17-10(18-20-11)7-19-8-12(13,14)15/h9,16H,3-8H2,1-2H3. The molecular formula is C12H20F3N3O2. The van der Waals surface area contributed by atoms with Gasteiger partial charge in [0.05, 0.1) is 0 Å². The maximum Gasteiger partial charge on any atom is 0.411 e. The van der Waals surface area contributed by atoms with E-state index in [2.05, 4.69) is 27.1 Å². The van der Waals surface area contributed by atoms with Gasteiger partial charge in [-0.2, -0.15) is 18.2 Å². The molecule has 8 heteroatoms. The summed E-state index contributed by atoms with van der Waals surface area (Å²) in [6.07, 6.45) is -1.86. The third kappa shape index (κ3) is 6.85. The van der Waals surface area contributed by atoms with Crippen LogP contribution >= 0.6 is 0 Å². The predicted octanol–water partition coefficient (Wildman–Crippen LogP) is 2.47. The maximum absolute atomic E-state index is 11.9. The summed E-state index contributed by atoms with van der Waals surface area (Å²) >= 11 is 0. The number of nitrogens with zero attached hydrogens (tertiary/aromatic N) is 2. The molecule has 0 amide bonds. The highest BCUT2D eigenvalue weighted by molar-refractivity contribution is 4.88. The lowest BCUT2D eigenvalue weighted by molar-refractivity contribution is -0.177. The Morgan fingerprint density at radius 1 is 1.35 bits per heavy atom. The fourth-order valence-electron chi connectivity index (χ4n) is 1.61. The van der Waals surface area contributed by atoms with Crippen molar-refractivity contribution in [2.45, 2.75) is 51.9 Å². The van der Waals surface area contributed by atoms with Crippen LogP contribution < -0.4 is 5.32 Å². The van der Waals surface area contributed by atoms with E-state index in [4.69, 9.17) is 4.52 Å². The van der Waals surface area contributed by atoms with Crippen molar-refractivity contribution in [3.05, 3.63) is 11.7 Å². The van der Waals surface area contributed by atoms with Crippen LogP contribution in [0.15, 0.2) is 4.52 Å². The van der Waals surface area contributed by atoms with Gasteiger partial charge in [0.1, 0.15) is 13.2 Å². The molecule has 1 aromatic heterocycles. The molecule has 5 nitrogen and oxygen atoms in total. The summed E-state index contributed by atoms with van der Waals surface area (Å²) in [6.45, 7) is 3.39. The number of halogens is 3. The molecule has 116 valence electrons. The zero-order valence-electron chi connectivity index (χ0n) is 11.7. The summed E-state index contributed by atoms with van der Waals surface area (Å²) in [7, 11) is 0. The van der Waals surface area contributed by atoms with Crippen molar-refractivity contribution in [1.29, 1.82) is 0 Å². The molecule has 1 heterocycles. The van der Waals surface area contributed by atoms with Crippen molar-refractivity contribution in [3.63, 3.8) is 0 Å². The van der Waals surface area contributed by atoms with Gasteiger partial charge in [0.25, 0.3) is 0 Å². The number of alkyl halides is 3. The lowest BCUT2D eigenvalue weighted by Gasteiger charge is -2.13. The minimum Gasteiger partial charge on any atom is -0.364 e. The molecule has 0 radical (unpaired) electrons. The number of aromatic nitrogens is 2. The first-order chi connectivity index (χ1) is 9.44. The predicted molar refractivity (Wildman–Crippen MR) is 66.1 cm³/mol. The first-order valence-electron chi connectivity index (χ1n) is 6.64. The fraction of sp³-hybridized carbons (Fsp3) is 0.833. The van der Waals surface area contributed by atoms with Gasteiger partial charge in [-0.05, 0) is 19.4 Å². The van der Waals surface area contributed by atoms with E-state index in [0.717, 1.165) is 19.4 Å². The van der Waals surface area contributed by atoms with Gasteiger partial charge in [-0.1, -0.05) is 19.0 Å². The van der Waals surface area contributed by atoms with E-state index >= 15 is 0 Å². The normalized spacial score (nSPS) is 13.7. The Kier molecular flexibility index (Phi) is 6.94. The summed E-state index contributed by atoms with van der Waals surface area (Å²) in [5.74, 6) is 0.542. The van der Waals surface area contributed by atoms with Crippen molar-refractivity contribution in [2.24, 2.45) is 0 Å². The van der Waals surface area contributed by atoms with E-state index in [9.17, 15) is 13.2 Å². The minimum absolute atomic E-state index is 0.134. The molecule has 0 saturated heterocycles. The van der Waals surface area contributed by atoms with E-state index in [0.29, 0.717) is 12.3 Å². The van der Waals surface area contributed by atoms with Crippen LogP contribution in [0.3, 0.4) is 0 Å². The topological polar surface area (TPSA) is 60.2 Å². The van der Waals surface area contributed by atoms with Crippen LogP contribution in [0.25, 0.3) is 0 Å². The van der Waals surface area contributed by atoms with Crippen molar-refractivity contribution in [3.8, 4) is 0 Å². The maximum atomic E-state index is 11.9. The second-order valence-corrected chi connectivity index (χ2v) is 4.48. The average molecular weight is 295 g/mol. The molecule has 1 rings (SSSR count). The second kappa shape index (κ2) is 8.21. The summed E-state index contributed by atoms with van der Waals surface area (Å²) < 4.78 is 45.2. The summed E-state index contributed by atoms with van der Waals surface area (Å²) in [4.78, 5) is 4.02. The smallest absolute Gasteiger partial charge is 0.364 e. The molecule has 0 fully saturated rings. The van der Waals surface area contributed by atoms with E-state index in [1.165, 1.54) is 0 Å². The van der Waals surface area contributed by atoms with E-state index in [1.54, 1.807) is 0 Å². The highest BCUT2D eigenvalue weighted by Gasteiger charge is 2.27. The first kappa shape index (κ1) is 16.9. The molecule has 1 unspecified atom stereocenters. The molecule has 0 aliphatic heterocycles. The molecule has 0 bridgehead atoms. The molecule has 0 saturated carbocycles. The fourth-order valence-corrected chi connectivity index (χ4v) is 1.61. The largest absolute Gasteiger partial charge is 0.411 e. The quantitative estimate of drug-likeness (QED) is 0.758. The molecule has 0 aliphatic rings. The van der Waals surface area contributed by atoms with Gasteiger partial charge >= 0.3 is 6.18 Å². The Morgan fingerprint density at radius 2 is 2.10 bits per heavy atom. The zero-order valence-corrected chi connectivity index (χ0v) is 11.7. The Morgan fingerprint density at radius 3 is 2.70 bits per heavy atom. The first-order valence-corrected chi connectivity index (χ1v) is 6.64. The highest BCUT2D eigenvalue weighted by Crippen LogP contribution is 2.15. The van der Waals surface area contributed by atoms with E-state index < -0.39 is 12.8 Å². The summed E-state index contributed by atoms with van der Waals surface area (Å²) in [6, 6.07) is 0.222. The lowest BCUT2D eigenvalue weighted by atomic mass is 10.1. The molecule has 1 aromatic rings. The Hall–Kier alpha value is -1.15. The van der Waals surface area contributed by atoms with Gasteiger partial charge in [-0.3, -0.25) is 0 Å². The van der Waals surface area contributed by atoms with E-state index in [1.807, 2.05) is 6.92 Å². The van der Waals surface area contributed by atoms with Crippen molar-refractivity contribution in [1.82, 2.24) is 15.5 Å². The van der Waals surface area contributed by atoms with Crippen LogP contribution in [0.5, 0.6) is 0 Å². The minimum atomic E-state index is -4.34. The number of nitrogens with one attached hydrogen (secondary N) is 1. The number of ether oxygens (including phenoxy) is 1. The van der Waals surface area contributed by atoms with Crippen LogP contribution in [0.2, 0.25) is 0 Å². The third-order valence-corrected chi connectivity index (χ3v) is 2.60. The zero-order chi connectivity index (χ0) is 15.0. The molecule has 0 aliphatic carbocycles. The molecule has 0 spiro atoms. The van der Waals surface area contributed by atoms with E-state index in [-0.39, 0.29) is 18.5 Å². The molecule has 1 N–H and O–H groups in total. The van der Waals surface area contributed by atoms with Crippen molar-refractivity contribution >= 4 is 0 Å². The monoisotopic (exact) mass is 295 g/mol. The van der Waals surface area contributed by atoms with Crippen LogP contribution in [0.4, 0.5) is 13.2 Å². The SMILES string of the molecule is CCCNC(CC)Cc1nc(COCC(F)(F)F)no1. The Balaban J connectivity index is 2.38. The molecule has 0 aromatic carbocycles. The molecular weight excluding hydrogens is 275 g/mol. The molecule has 1 atom stereocenters. The summed E-state index contributed by atoms with van der Waals surface area (Å²) in [5.41, 5.74) is 0. The number of rotatable bonds is 9. The van der Waals surface area contributed by atoms with Crippen LogP contribution in [0, 0.1) is 0 Å². The van der Waals surface area contributed by atoms with Crippen LogP contribution in [0.1, 0.15) is 38.4 Å². The number of hydrogen-bond donors (Lipinski definition) is 1. The summed E-state index contributed by atoms with van der Waals surface area (Å²) in [5, 5.41) is 6.93. The Labute approximate surface area is 115 Å². The lowest BCUT2D eigenvalue weighted by Crippen LogP contribution is -2.31. The highest BCUT2D eigenvalue weighted by atomic mass is 19.4. The van der Waals surface area contributed by atoms with Crippen molar-refractivity contribution in [2.75, 3.05) is 13.2 Å². The van der Waals surface area contributed by atoms with Gasteiger partial charge < -0.3 is 14.6 Å². The van der Waals surface area contributed by atoms with Crippen LogP contribution in [-0.4, -0.2) is 35.5 Å². The van der Waals surface area contributed by atoms with Crippen LogP contribution in [-0.2, 0) is 17.8 Å². The van der Waals surface area contributed by atoms with Gasteiger partial charge in [0, 0.05) is 12.5 Å². The Bertz CT molecular complexity index is 382. The average Bonchev–Trinajstić information content (AvgIpc) is 2.80. The van der Waals surface area contributed by atoms with Gasteiger partial charge in [-0.15, -0.1) is 0 Å². The molecule has 20 heavy (non-hydrogen) atoms. The number of hydrogen-bond acceptors (Lipinski definition) is 5.